The number of hydrogen-bond acceptors (Lipinski definition) is 4. The Balaban J connectivity index is 2.41. The van der Waals surface area contributed by atoms with Gasteiger partial charge in [0.2, 0.25) is 0 Å². The summed E-state index contributed by atoms with van der Waals surface area (Å²) in [6, 6.07) is 20.9. The van der Waals surface area contributed by atoms with Crippen LogP contribution in [0.2, 0.25) is 5.04 Å². The zero-order chi connectivity index (χ0) is 24.7. The molecule has 0 aromatic heterocycles. The Hall–Kier alpha value is -2.15. The van der Waals surface area contributed by atoms with E-state index in [0.717, 1.165) is 12.8 Å². The number of hydrogen-bond donors (Lipinski definition) is 2. The lowest BCUT2D eigenvalue weighted by atomic mass is 10.1. The van der Waals surface area contributed by atoms with Crippen LogP contribution in [0.4, 0.5) is 4.79 Å². The highest BCUT2D eigenvalue weighted by atomic mass is 28.4. The second kappa shape index (κ2) is 11.3. The molecule has 2 atom stereocenters. The number of carbonyl (C=O) groups is 1. The van der Waals surface area contributed by atoms with Gasteiger partial charge in [0.25, 0.3) is 8.32 Å². The van der Waals surface area contributed by atoms with E-state index in [1.165, 1.54) is 10.4 Å². The van der Waals surface area contributed by atoms with Crippen LogP contribution < -0.4 is 21.4 Å². The van der Waals surface area contributed by atoms with E-state index in [2.05, 4.69) is 74.6 Å². The molecule has 2 rings (SSSR count). The first kappa shape index (κ1) is 27.1. The van der Waals surface area contributed by atoms with Crippen molar-refractivity contribution in [3.63, 3.8) is 0 Å². The predicted octanol–water partition coefficient (Wildman–Crippen LogP) is 4.58. The summed E-state index contributed by atoms with van der Waals surface area (Å²) in [6.45, 7) is 14.7. The maximum Gasteiger partial charge on any atom is 0.407 e. The second-order valence-electron chi connectivity index (χ2n) is 10.9. The van der Waals surface area contributed by atoms with E-state index in [9.17, 15) is 4.79 Å². The van der Waals surface area contributed by atoms with Crippen LogP contribution in [0, 0.1) is 0 Å². The average Bonchev–Trinajstić information content (AvgIpc) is 2.71. The molecule has 5 nitrogen and oxygen atoms in total. The highest BCUT2D eigenvalue weighted by molar-refractivity contribution is 6.99. The fourth-order valence-electron chi connectivity index (χ4n) is 4.12. The molecule has 0 spiro atoms. The van der Waals surface area contributed by atoms with Crippen LogP contribution in [0.5, 0.6) is 0 Å². The number of nitrogens with two attached hydrogens (primary N) is 1. The van der Waals surface area contributed by atoms with Gasteiger partial charge in [0.1, 0.15) is 5.60 Å². The normalized spacial score (nSPS) is 14.4. The Morgan fingerprint density at radius 2 is 1.39 bits per heavy atom. The Bertz CT molecular complexity index is 819. The molecule has 182 valence electrons. The molecule has 0 aliphatic carbocycles. The van der Waals surface area contributed by atoms with E-state index in [0.29, 0.717) is 6.61 Å². The summed E-state index contributed by atoms with van der Waals surface area (Å²) in [7, 11) is -2.69. The minimum absolute atomic E-state index is 0.0424. The molecule has 1 amide bonds. The van der Waals surface area contributed by atoms with E-state index in [-0.39, 0.29) is 17.1 Å². The third-order valence-corrected chi connectivity index (χ3v) is 10.6. The monoisotopic (exact) mass is 470 g/mol. The van der Waals surface area contributed by atoms with Crippen LogP contribution in [-0.2, 0) is 9.16 Å². The van der Waals surface area contributed by atoms with E-state index in [1.807, 2.05) is 39.8 Å². The minimum Gasteiger partial charge on any atom is -0.444 e. The Kier molecular flexibility index (Phi) is 9.29. The van der Waals surface area contributed by atoms with Crippen molar-refractivity contribution in [3.05, 3.63) is 60.7 Å². The largest absolute Gasteiger partial charge is 0.444 e. The van der Waals surface area contributed by atoms with Crippen molar-refractivity contribution in [1.29, 1.82) is 0 Å². The van der Waals surface area contributed by atoms with Crippen LogP contribution in [0.25, 0.3) is 0 Å². The SMILES string of the molecule is CC(N)CC[C@@H](CO[Si](c1ccccc1)(c1ccccc1)C(C)(C)C)NC(=O)OC(C)(C)C. The van der Waals surface area contributed by atoms with Crippen LogP contribution >= 0.6 is 0 Å². The van der Waals surface area contributed by atoms with Crippen molar-refractivity contribution in [2.45, 2.75) is 84.0 Å². The number of benzene rings is 2. The Labute approximate surface area is 201 Å². The van der Waals surface area contributed by atoms with Crippen LogP contribution in [0.3, 0.4) is 0 Å². The molecule has 2 aromatic carbocycles. The van der Waals surface area contributed by atoms with Gasteiger partial charge in [-0.15, -0.1) is 0 Å². The van der Waals surface area contributed by atoms with Gasteiger partial charge >= 0.3 is 6.09 Å². The molecule has 0 radical (unpaired) electrons. The molecule has 6 heteroatoms. The van der Waals surface area contributed by atoms with Gasteiger partial charge < -0.3 is 20.2 Å². The molecule has 0 aliphatic rings. The lowest BCUT2D eigenvalue weighted by Gasteiger charge is -2.43. The third kappa shape index (κ3) is 7.69. The van der Waals surface area contributed by atoms with E-state index in [4.69, 9.17) is 14.9 Å². The molecular formula is C27H42N2O3Si. The minimum atomic E-state index is -2.69. The number of ether oxygens (including phenoxy) is 1. The highest BCUT2D eigenvalue weighted by Crippen LogP contribution is 2.36. The van der Waals surface area contributed by atoms with Crippen LogP contribution in [-0.4, -0.2) is 38.7 Å². The van der Waals surface area contributed by atoms with Crippen LogP contribution in [0.1, 0.15) is 61.3 Å². The number of amides is 1. The van der Waals surface area contributed by atoms with E-state index in [1.54, 1.807) is 0 Å². The molecule has 0 heterocycles. The third-order valence-electron chi connectivity index (χ3n) is 5.61. The van der Waals surface area contributed by atoms with Crippen molar-refractivity contribution in [3.8, 4) is 0 Å². The topological polar surface area (TPSA) is 73.6 Å². The molecular weight excluding hydrogens is 428 g/mol. The lowest BCUT2D eigenvalue weighted by Crippen LogP contribution is -2.67. The quantitative estimate of drug-likeness (QED) is 0.526. The zero-order valence-corrected chi connectivity index (χ0v) is 22.4. The van der Waals surface area contributed by atoms with Gasteiger partial charge in [-0.25, -0.2) is 4.79 Å². The summed E-state index contributed by atoms with van der Waals surface area (Å²) in [6.07, 6.45) is 1.07. The number of alkyl carbamates (subject to hydrolysis) is 1. The molecule has 3 N–H and O–H groups in total. The first-order valence-electron chi connectivity index (χ1n) is 11.9. The lowest BCUT2D eigenvalue weighted by molar-refractivity contribution is 0.0481. The molecule has 0 aliphatic heterocycles. The maximum atomic E-state index is 12.6. The number of nitrogens with one attached hydrogen (secondary N) is 1. The smallest absolute Gasteiger partial charge is 0.407 e. The second-order valence-corrected chi connectivity index (χ2v) is 15.2. The fraction of sp³-hybridized carbons (Fsp3) is 0.519. The molecule has 0 bridgehead atoms. The summed E-state index contributed by atoms with van der Waals surface area (Å²) in [5, 5.41) is 5.33. The van der Waals surface area contributed by atoms with Crippen molar-refractivity contribution < 1.29 is 14.0 Å². The molecule has 0 saturated heterocycles. The predicted molar refractivity (Wildman–Crippen MR) is 140 cm³/mol. The van der Waals surface area contributed by atoms with Crippen LogP contribution in [0.15, 0.2) is 60.7 Å². The van der Waals surface area contributed by atoms with Gasteiger partial charge in [-0.3, -0.25) is 0 Å². The number of carbonyl (C=O) groups excluding carboxylic acids is 1. The van der Waals surface area contributed by atoms with Gasteiger partial charge in [-0.1, -0.05) is 81.4 Å². The van der Waals surface area contributed by atoms with Gasteiger partial charge in [-0.05, 0) is 55.9 Å². The average molecular weight is 471 g/mol. The van der Waals surface area contributed by atoms with E-state index >= 15 is 0 Å². The molecule has 1 unspecified atom stereocenters. The number of rotatable bonds is 9. The van der Waals surface area contributed by atoms with Gasteiger partial charge in [-0.2, -0.15) is 0 Å². The molecule has 0 fully saturated rings. The fourth-order valence-corrected chi connectivity index (χ4v) is 8.73. The summed E-state index contributed by atoms with van der Waals surface area (Å²) in [4.78, 5) is 12.6. The summed E-state index contributed by atoms with van der Waals surface area (Å²) < 4.78 is 12.5. The van der Waals surface area contributed by atoms with Crippen molar-refractivity contribution in [1.82, 2.24) is 5.32 Å². The maximum absolute atomic E-state index is 12.6. The van der Waals surface area contributed by atoms with Gasteiger partial charge in [0.15, 0.2) is 0 Å². The molecule has 33 heavy (non-hydrogen) atoms. The Morgan fingerprint density at radius 1 is 0.909 bits per heavy atom. The van der Waals surface area contributed by atoms with Crippen molar-refractivity contribution in [2.24, 2.45) is 5.73 Å². The summed E-state index contributed by atoms with van der Waals surface area (Å²) in [5.41, 5.74) is 5.47. The highest BCUT2D eigenvalue weighted by Gasteiger charge is 2.50. The molecule has 2 aromatic rings. The first-order valence-corrected chi connectivity index (χ1v) is 13.8. The Morgan fingerprint density at radius 3 is 1.79 bits per heavy atom. The first-order chi connectivity index (χ1) is 15.3. The summed E-state index contributed by atoms with van der Waals surface area (Å²) in [5.74, 6) is 0. The van der Waals surface area contributed by atoms with Crippen molar-refractivity contribution in [2.75, 3.05) is 6.61 Å². The van der Waals surface area contributed by atoms with Gasteiger partial charge in [0, 0.05) is 6.04 Å². The standard InChI is InChI=1S/C27H42N2O3Si/c1-21(28)18-19-22(29-25(30)32-26(2,3)4)20-31-33(27(5,6)7,23-14-10-8-11-15-23)24-16-12-9-13-17-24/h8-17,21-22H,18-20,28H2,1-7H3,(H,29,30)/t21?,22-/m0/s1. The van der Waals surface area contributed by atoms with Crippen molar-refractivity contribution >= 4 is 24.8 Å². The molecule has 0 saturated carbocycles. The van der Waals surface area contributed by atoms with Gasteiger partial charge in [0.05, 0.1) is 12.6 Å². The van der Waals surface area contributed by atoms with E-state index < -0.39 is 20.0 Å². The zero-order valence-electron chi connectivity index (χ0n) is 21.4. The summed E-state index contributed by atoms with van der Waals surface area (Å²) >= 11 is 0.